The van der Waals surface area contributed by atoms with Gasteiger partial charge in [-0.25, -0.2) is 0 Å². The molecule has 1 heteroatoms. The lowest BCUT2D eigenvalue weighted by molar-refractivity contribution is 0.920. The van der Waals surface area contributed by atoms with Gasteiger partial charge in [-0.2, -0.15) is 0 Å². The monoisotopic (exact) mass is 187 g/mol. The Hall–Kier alpha value is -1.50. The van der Waals surface area contributed by atoms with Crippen molar-refractivity contribution in [1.29, 1.82) is 0 Å². The van der Waals surface area contributed by atoms with Gasteiger partial charge >= 0.3 is 0 Å². The highest BCUT2D eigenvalue weighted by Crippen LogP contribution is 2.07. The molecule has 0 aliphatic heterocycles. The summed E-state index contributed by atoms with van der Waals surface area (Å²) >= 11 is 0. The van der Waals surface area contributed by atoms with E-state index in [1.807, 2.05) is 6.92 Å². The molecule has 0 saturated heterocycles. The third-order valence-corrected chi connectivity index (χ3v) is 1.93. The van der Waals surface area contributed by atoms with Crippen LogP contribution in [0.2, 0.25) is 0 Å². The maximum Gasteiger partial charge on any atom is 0.0120 e. The predicted octanol–water partition coefficient (Wildman–Crippen LogP) is 3.17. The molecule has 0 saturated carbocycles. The van der Waals surface area contributed by atoms with Crippen LogP contribution >= 0.6 is 0 Å². The second-order valence-corrected chi connectivity index (χ2v) is 3.67. The van der Waals surface area contributed by atoms with Crippen molar-refractivity contribution in [3.8, 4) is 0 Å². The Morgan fingerprint density at radius 1 is 1.21 bits per heavy atom. The van der Waals surface area contributed by atoms with Gasteiger partial charge in [0.05, 0.1) is 0 Å². The molecule has 0 unspecified atom stereocenters. The first-order valence-electron chi connectivity index (χ1n) is 4.74. The summed E-state index contributed by atoms with van der Waals surface area (Å²) in [6.45, 7) is 11.7. The Morgan fingerprint density at radius 2 is 1.79 bits per heavy atom. The molecule has 1 N–H and O–H groups in total. The zero-order valence-electron chi connectivity index (χ0n) is 8.93. The molecule has 0 aliphatic rings. The van der Waals surface area contributed by atoms with Crippen LogP contribution in [0, 0.1) is 6.92 Å². The maximum absolute atomic E-state index is 3.94. The summed E-state index contributed by atoms with van der Waals surface area (Å²) in [5, 5.41) is 3.12. The first kappa shape index (κ1) is 10.6. The number of nitrogens with one attached hydrogen (secondary N) is 1. The second kappa shape index (κ2) is 4.66. The van der Waals surface area contributed by atoms with Gasteiger partial charge in [0.25, 0.3) is 0 Å². The van der Waals surface area contributed by atoms with Gasteiger partial charge in [-0.05, 0) is 19.4 Å². The van der Waals surface area contributed by atoms with E-state index in [1.165, 1.54) is 11.1 Å². The van der Waals surface area contributed by atoms with Crippen LogP contribution in [0.4, 0.5) is 0 Å². The molecule has 0 aliphatic carbocycles. The van der Waals surface area contributed by atoms with Crippen molar-refractivity contribution >= 4 is 0 Å². The minimum Gasteiger partial charge on any atom is -0.363 e. The first-order chi connectivity index (χ1) is 6.58. The highest BCUT2D eigenvalue weighted by molar-refractivity contribution is 5.25. The number of rotatable bonds is 4. The average Bonchev–Trinajstić information content (AvgIpc) is 2.07. The minimum atomic E-state index is 0.854. The number of aryl methyl sites for hydroxylation is 1. The van der Waals surface area contributed by atoms with E-state index in [-0.39, 0.29) is 0 Å². The van der Waals surface area contributed by atoms with Crippen molar-refractivity contribution in [2.75, 3.05) is 0 Å². The first-order valence-corrected chi connectivity index (χ1v) is 4.74. The number of allylic oxidation sites excluding steroid dienone is 2. The van der Waals surface area contributed by atoms with Crippen LogP contribution in [0.3, 0.4) is 0 Å². The third-order valence-electron chi connectivity index (χ3n) is 1.93. The average molecular weight is 187 g/mol. The Balaban J connectivity index is 2.56. The zero-order valence-corrected chi connectivity index (χ0v) is 8.93. The zero-order chi connectivity index (χ0) is 10.6. The highest BCUT2D eigenvalue weighted by Gasteiger charge is 1.96. The Bertz CT molecular complexity index is 333. The van der Waals surface area contributed by atoms with Crippen molar-refractivity contribution in [2.45, 2.75) is 20.3 Å². The molecule has 1 aromatic rings. The molecule has 0 atom stereocenters. The molecule has 0 radical (unpaired) electrons. The van der Waals surface area contributed by atoms with Crippen LogP contribution < -0.4 is 5.32 Å². The van der Waals surface area contributed by atoms with Crippen LogP contribution in [-0.4, -0.2) is 0 Å². The van der Waals surface area contributed by atoms with Crippen molar-refractivity contribution in [2.24, 2.45) is 0 Å². The molecule has 74 valence electrons. The lowest BCUT2D eigenvalue weighted by Gasteiger charge is -2.08. The largest absolute Gasteiger partial charge is 0.363 e. The molecular weight excluding hydrogens is 170 g/mol. The predicted molar refractivity (Wildman–Crippen MR) is 62.0 cm³/mol. The molecule has 14 heavy (non-hydrogen) atoms. The van der Waals surface area contributed by atoms with Crippen LogP contribution in [0.15, 0.2) is 48.8 Å². The van der Waals surface area contributed by atoms with Crippen LogP contribution in [0.25, 0.3) is 0 Å². The molecule has 1 rings (SSSR count). The Kier molecular flexibility index (Phi) is 3.52. The standard InChI is InChI=1S/C13H17N/c1-10(2)14-12(4)9-13-7-5-11(3)6-8-13/h5-8,14H,1,4,9H2,2-3H3. The number of hydrogen-bond donors (Lipinski definition) is 1. The minimum absolute atomic E-state index is 0.854. The van der Waals surface area contributed by atoms with Crippen molar-refractivity contribution in [3.63, 3.8) is 0 Å². The van der Waals surface area contributed by atoms with E-state index in [9.17, 15) is 0 Å². The molecule has 1 aromatic carbocycles. The lowest BCUT2D eigenvalue weighted by atomic mass is 10.1. The summed E-state index contributed by atoms with van der Waals surface area (Å²) in [6, 6.07) is 8.48. The van der Waals surface area contributed by atoms with Gasteiger partial charge in [0.2, 0.25) is 0 Å². The maximum atomic E-state index is 3.94. The van der Waals surface area contributed by atoms with E-state index in [1.54, 1.807) is 0 Å². The van der Waals surface area contributed by atoms with Gasteiger partial charge < -0.3 is 5.32 Å². The SMILES string of the molecule is C=C(C)NC(=C)Cc1ccc(C)cc1. The molecule has 0 fully saturated rings. The lowest BCUT2D eigenvalue weighted by Crippen LogP contribution is -2.10. The van der Waals surface area contributed by atoms with E-state index < -0.39 is 0 Å². The molecule has 0 heterocycles. The summed E-state index contributed by atoms with van der Waals surface area (Å²) < 4.78 is 0. The van der Waals surface area contributed by atoms with E-state index in [4.69, 9.17) is 0 Å². The summed E-state index contributed by atoms with van der Waals surface area (Å²) in [6.07, 6.45) is 0.854. The van der Waals surface area contributed by atoms with Crippen LogP contribution in [-0.2, 0) is 6.42 Å². The molecule has 1 nitrogen and oxygen atoms in total. The quantitative estimate of drug-likeness (QED) is 0.763. The topological polar surface area (TPSA) is 12.0 Å². The molecule has 0 aromatic heterocycles. The van der Waals surface area contributed by atoms with Crippen LogP contribution in [0.1, 0.15) is 18.1 Å². The smallest absolute Gasteiger partial charge is 0.0120 e. The van der Waals surface area contributed by atoms with E-state index in [2.05, 4.69) is 49.7 Å². The number of hydrogen-bond acceptors (Lipinski definition) is 1. The van der Waals surface area contributed by atoms with Crippen molar-refractivity contribution in [1.82, 2.24) is 5.32 Å². The molecule has 0 bridgehead atoms. The van der Waals surface area contributed by atoms with E-state index >= 15 is 0 Å². The van der Waals surface area contributed by atoms with Gasteiger partial charge in [0, 0.05) is 17.8 Å². The summed E-state index contributed by atoms with van der Waals surface area (Å²) in [5.74, 6) is 0. The van der Waals surface area contributed by atoms with Gasteiger partial charge in [0.15, 0.2) is 0 Å². The van der Waals surface area contributed by atoms with Gasteiger partial charge in [-0.1, -0.05) is 43.0 Å². The fraction of sp³-hybridized carbons (Fsp3) is 0.231. The Morgan fingerprint density at radius 3 is 2.29 bits per heavy atom. The van der Waals surface area contributed by atoms with Gasteiger partial charge in [-0.15, -0.1) is 0 Å². The molecule has 0 spiro atoms. The van der Waals surface area contributed by atoms with Gasteiger partial charge in [-0.3, -0.25) is 0 Å². The fourth-order valence-corrected chi connectivity index (χ4v) is 1.30. The van der Waals surface area contributed by atoms with Crippen molar-refractivity contribution < 1.29 is 0 Å². The highest BCUT2D eigenvalue weighted by atomic mass is 14.9. The molecular formula is C13H17N. The third kappa shape index (κ3) is 3.48. The van der Waals surface area contributed by atoms with Crippen LogP contribution in [0.5, 0.6) is 0 Å². The number of benzene rings is 1. The summed E-state index contributed by atoms with van der Waals surface area (Å²) in [5.41, 5.74) is 4.48. The fourth-order valence-electron chi connectivity index (χ4n) is 1.30. The normalized spacial score (nSPS) is 9.57. The summed E-state index contributed by atoms with van der Waals surface area (Å²) in [7, 11) is 0. The second-order valence-electron chi connectivity index (χ2n) is 3.67. The van der Waals surface area contributed by atoms with E-state index in [0.717, 1.165) is 17.8 Å². The Labute approximate surface area is 86.2 Å². The van der Waals surface area contributed by atoms with Gasteiger partial charge in [0.1, 0.15) is 0 Å². The summed E-state index contributed by atoms with van der Waals surface area (Å²) in [4.78, 5) is 0. The van der Waals surface area contributed by atoms with E-state index in [0.29, 0.717) is 0 Å². The molecule has 0 amide bonds. The van der Waals surface area contributed by atoms with Crippen molar-refractivity contribution in [3.05, 3.63) is 59.9 Å².